The number of aliphatic hydroxyl groups is 1. The molecule has 8 heteroatoms. The minimum Gasteiger partial charge on any atom is -0.480 e. The van der Waals surface area contributed by atoms with Crippen LogP contribution in [0.25, 0.3) is 0 Å². The van der Waals surface area contributed by atoms with Gasteiger partial charge in [-0.3, -0.25) is 9.59 Å². The molecular weight excluding hydrogens is 230 g/mol. The number of carbonyl (C=O) groups is 3. The summed E-state index contributed by atoms with van der Waals surface area (Å²) in [6, 6.07) is -2.47. The lowest BCUT2D eigenvalue weighted by molar-refractivity contribution is -0.145. The van der Waals surface area contributed by atoms with Gasteiger partial charge in [0.05, 0.1) is 12.1 Å². The van der Waals surface area contributed by atoms with E-state index in [0.717, 1.165) is 0 Å². The van der Waals surface area contributed by atoms with Crippen molar-refractivity contribution in [2.45, 2.75) is 38.0 Å². The first-order valence-electron chi connectivity index (χ1n) is 5.00. The second kappa shape index (κ2) is 6.81. The smallest absolute Gasteiger partial charge is 0.328 e. The number of hydrogen-bond donors (Lipinski definition) is 5. The Labute approximate surface area is 98.0 Å². The summed E-state index contributed by atoms with van der Waals surface area (Å²) in [6.45, 7) is 1.23. The maximum Gasteiger partial charge on any atom is 0.328 e. The third kappa shape index (κ3) is 5.83. The second-order valence-corrected chi connectivity index (χ2v) is 3.68. The van der Waals surface area contributed by atoms with Crippen molar-refractivity contribution in [3.05, 3.63) is 0 Å². The van der Waals surface area contributed by atoms with Crippen LogP contribution < -0.4 is 16.8 Å². The van der Waals surface area contributed by atoms with E-state index in [-0.39, 0.29) is 12.8 Å². The van der Waals surface area contributed by atoms with Crippen molar-refractivity contribution in [3.8, 4) is 0 Å². The van der Waals surface area contributed by atoms with Crippen molar-refractivity contribution >= 4 is 17.8 Å². The van der Waals surface area contributed by atoms with E-state index in [9.17, 15) is 14.4 Å². The quantitative estimate of drug-likeness (QED) is 0.335. The number of amides is 2. The van der Waals surface area contributed by atoms with Gasteiger partial charge in [0.2, 0.25) is 11.8 Å². The molecule has 0 heterocycles. The van der Waals surface area contributed by atoms with Gasteiger partial charge in [0.25, 0.3) is 0 Å². The average Bonchev–Trinajstić information content (AvgIpc) is 2.20. The normalized spacial score (nSPS) is 15.7. The summed E-state index contributed by atoms with van der Waals surface area (Å²) in [5.74, 6) is -2.71. The molecule has 0 saturated heterocycles. The first-order valence-corrected chi connectivity index (χ1v) is 5.00. The van der Waals surface area contributed by atoms with Crippen LogP contribution in [0.3, 0.4) is 0 Å². The second-order valence-electron chi connectivity index (χ2n) is 3.68. The molecule has 0 saturated carbocycles. The van der Waals surface area contributed by atoms with E-state index in [0.29, 0.717) is 0 Å². The molecule has 0 aromatic heterocycles. The van der Waals surface area contributed by atoms with E-state index < -0.39 is 36.0 Å². The van der Waals surface area contributed by atoms with Gasteiger partial charge in [-0.05, 0) is 13.3 Å². The van der Waals surface area contributed by atoms with Crippen LogP contribution in [0.4, 0.5) is 0 Å². The molecule has 17 heavy (non-hydrogen) atoms. The van der Waals surface area contributed by atoms with Gasteiger partial charge in [-0.15, -0.1) is 0 Å². The molecule has 0 fully saturated rings. The van der Waals surface area contributed by atoms with E-state index >= 15 is 0 Å². The van der Waals surface area contributed by atoms with Crippen molar-refractivity contribution in [3.63, 3.8) is 0 Å². The summed E-state index contributed by atoms with van der Waals surface area (Å²) >= 11 is 0. The number of hydrogen-bond acceptors (Lipinski definition) is 5. The number of aliphatic carboxylic acids is 1. The van der Waals surface area contributed by atoms with Crippen LogP contribution in [0.1, 0.15) is 19.8 Å². The van der Waals surface area contributed by atoms with Gasteiger partial charge in [-0.2, -0.15) is 0 Å². The SMILES string of the molecule is C[C@H](O)[C@H](NC(=O)[C@@H](N)CCC(N)=O)C(=O)O. The standard InChI is InChI=1S/C9H17N3O5/c1-4(13)7(9(16)17)12-8(15)5(10)2-3-6(11)14/h4-5,7,13H,2-3,10H2,1H3,(H2,11,14)(H,12,15)(H,16,17)/t4-,5-,7-/m0/s1. The van der Waals surface area contributed by atoms with Crippen LogP contribution in [0.5, 0.6) is 0 Å². The van der Waals surface area contributed by atoms with Crippen LogP contribution in [0.2, 0.25) is 0 Å². The fraction of sp³-hybridized carbons (Fsp3) is 0.667. The fourth-order valence-electron chi connectivity index (χ4n) is 1.08. The summed E-state index contributed by atoms with van der Waals surface area (Å²) in [6.07, 6.45) is -1.30. The van der Waals surface area contributed by atoms with E-state index in [2.05, 4.69) is 5.32 Å². The van der Waals surface area contributed by atoms with Gasteiger partial charge in [0.15, 0.2) is 6.04 Å². The highest BCUT2D eigenvalue weighted by Crippen LogP contribution is 1.98. The molecule has 0 aliphatic heterocycles. The summed E-state index contributed by atoms with van der Waals surface area (Å²) in [7, 11) is 0. The summed E-state index contributed by atoms with van der Waals surface area (Å²) in [5.41, 5.74) is 10.3. The Hall–Kier alpha value is -1.67. The van der Waals surface area contributed by atoms with Crippen LogP contribution >= 0.6 is 0 Å². The fourth-order valence-corrected chi connectivity index (χ4v) is 1.08. The number of nitrogens with one attached hydrogen (secondary N) is 1. The monoisotopic (exact) mass is 247 g/mol. The zero-order valence-electron chi connectivity index (χ0n) is 9.42. The zero-order valence-corrected chi connectivity index (χ0v) is 9.42. The van der Waals surface area contributed by atoms with Crippen LogP contribution in [-0.2, 0) is 14.4 Å². The van der Waals surface area contributed by atoms with Gasteiger partial charge in [0.1, 0.15) is 0 Å². The highest BCUT2D eigenvalue weighted by molar-refractivity contribution is 5.87. The van der Waals surface area contributed by atoms with E-state index in [4.69, 9.17) is 21.7 Å². The number of rotatable bonds is 7. The maximum atomic E-state index is 11.4. The van der Waals surface area contributed by atoms with Crippen LogP contribution in [0.15, 0.2) is 0 Å². The number of carbonyl (C=O) groups excluding carboxylic acids is 2. The molecule has 3 atom stereocenters. The Bertz CT molecular complexity index is 305. The largest absolute Gasteiger partial charge is 0.480 e. The molecule has 0 unspecified atom stereocenters. The van der Waals surface area contributed by atoms with Gasteiger partial charge in [-0.1, -0.05) is 0 Å². The zero-order chi connectivity index (χ0) is 13.6. The molecule has 2 amide bonds. The number of carboxylic acid groups (broad SMARTS) is 1. The Morgan fingerprint density at radius 3 is 2.24 bits per heavy atom. The predicted octanol–water partition coefficient (Wildman–Crippen LogP) is -2.47. The topological polar surface area (TPSA) is 156 Å². The van der Waals surface area contributed by atoms with Crippen LogP contribution in [-0.4, -0.2) is 46.2 Å². The van der Waals surface area contributed by atoms with E-state index in [1.165, 1.54) is 6.92 Å². The minimum atomic E-state index is -1.43. The Kier molecular flexibility index (Phi) is 6.15. The first-order chi connectivity index (χ1) is 7.75. The predicted molar refractivity (Wildman–Crippen MR) is 57.7 cm³/mol. The first kappa shape index (κ1) is 15.3. The summed E-state index contributed by atoms with van der Waals surface area (Å²) < 4.78 is 0. The molecule has 0 aromatic carbocycles. The van der Waals surface area contributed by atoms with E-state index in [1.54, 1.807) is 0 Å². The molecule has 8 nitrogen and oxygen atoms in total. The lowest BCUT2D eigenvalue weighted by atomic mass is 10.1. The highest BCUT2D eigenvalue weighted by Gasteiger charge is 2.27. The summed E-state index contributed by atoms with van der Waals surface area (Å²) in [4.78, 5) is 32.6. The molecule has 0 aliphatic rings. The van der Waals surface area contributed by atoms with Gasteiger partial charge in [-0.25, -0.2) is 4.79 Å². The Morgan fingerprint density at radius 2 is 1.88 bits per heavy atom. The minimum absolute atomic E-state index is 0.0211. The molecule has 0 aliphatic carbocycles. The van der Waals surface area contributed by atoms with Gasteiger partial charge >= 0.3 is 5.97 Å². The Balaban J connectivity index is 4.31. The molecule has 0 aromatic rings. The number of carboxylic acids is 1. The van der Waals surface area contributed by atoms with Crippen molar-refractivity contribution in [1.29, 1.82) is 0 Å². The maximum absolute atomic E-state index is 11.4. The van der Waals surface area contributed by atoms with Crippen LogP contribution in [0, 0.1) is 0 Å². The Morgan fingerprint density at radius 1 is 1.35 bits per heavy atom. The van der Waals surface area contributed by atoms with Gasteiger partial charge < -0.3 is 27.0 Å². The molecule has 0 rings (SSSR count). The van der Waals surface area contributed by atoms with Crippen molar-refractivity contribution in [2.75, 3.05) is 0 Å². The van der Waals surface area contributed by atoms with Crippen molar-refractivity contribution in [2.24, 2.45) is 11.5 Å². The molecular formula is C9H17N3O5. The average molecular weight is 247 g/mol. The van der Waals surface area contributed by atoms with E-state index in [1.807, 2.05) is 0 Å². The summed E-state index contributed by atoms with van der Waals surface area (Å²) in [5, 5.41) is 19.9. The highest BCUT2D eigenvalue weighted by atomic mass is 16.4. The lowest BCUT2D eigenvalue weighted by Gasteiger charge is -2.19. The van der Waals surface area contributed by atoms with Gasteiger partial charge in [0, 0.05) is 6.42 Å². The molecule has 0 radical (unpaired) electrons. The third-order valence-corrected chi connectivity index (χ3v) is 2.08. The number of nitrogens with two attached hydrogens (primary N) is 2. The molecule has 98 valence electrons. The molecule has 0 spiro atoms. The van der Waals surface area contributed by atoms with Crippen molar-refractivity contribution < 1.29 is 24.6 Å². The molecule has 7 N–H and O–H groups in total. The number of aliphatic hydroxyl groups excluding tert-OH is 1. The lowest BCUT2D eigenvalue weighted by Crippen LogP contribution is -2.52. The van der Waals surface area contributed by atoms with Crippen molar-refractivity contribution in [1.82, 2.24) is 5.32 Å². The third-order valence-electron chi connectivity index (χ3n) is 2.08. The molecule has 0 bridgehead atoms. The number of primary amides is 1.